The first kappa shape index (κ1) is 13.5. The zero-order chi connectivity index (χ0) is 13.8. The number of rotatable bonds is 4. The van der Waals surface area contributed by atoms with Gasteiger partial charge in [0.05, 0.1) is 18.2 Å². The third-order valence-corrected chi connectivity index (χ3v) is 3.65. The minimum absolute atomic E-state index is 0.316. The molecule has 0 spiro atoms. The van der Waals surface area contributed by atoms with Gasteiger partial charge in [-0.25, -0.2) is 4.39 Å². The molecule has 0 unspecified atom stereocenters. The van der Waals surface area contributed by atoms with Crippen molar-refractivity contribution < 1.29 is 4.39 Å². The Morgan fingerprint density at radius 1 is 1.42 bits per heavy atom. The molecular formula is C12H12FN5S. The van der Waals surface area contributed by atoms with Crippen molar-refractivity contribution in [1.29, 1.82) is 5.26 Å². The molecule has 2 rings (SSSR count). The minimum atomic E-state index is -0.407. The normalized spacial score (nSPS) is 10.4. The van der Waals surface area contributed by atoms with Crippen LogP contribution in [-0.4, -0.2) is 14.8 Å². The monoisotopic (exact) mass is 277 g/mol. The Hall–Kier alpha value is -1.91. The molecule has 7 heteroatoms. The van der Waals surface area contributed by atoms with Crippen molar-refractivity contribution >= 4 is 11.8 Å². The average Bonchev–Trinajstić information content (AvgIpc) is 2.76. The maximum atomic E-state index is 13.3. The van der Waals surface area contributed by atoms with Crippen LogP contribution < -0.4 is 5.73 Å². The number of hydrogen-bond acceptors (Lipinski definition) is 5. The first-order valence-corrected chi connectivity index (χ1v) is 6.53. The number of halogens is 1. The standard InChI is InChI=1S/C12H12FN5S/c1-18-11(6-15)16-17-12(18)19-7-9-2-8(5-14)3-10(13)4-9/h2-4H,6-7,15H2,1H3. The first-order valence-electron chi connectivity index (χ1n) is 5.54. The van der Waals surface area contributed by atoms with E-state index in [0.29, 0.717) is 28.8 Å². The molecular weight excluding hydrogens is 265 g/mol. The number of nitrogens with two attached hydrogens (primary N) is 1. The summed E-state index contributed by atoms with van der Waals surface area (Å²) in [5, 5.41) is 17.4. The van der Waals surface area contributed by atoms with Crippen LogP contribution in [0.4, 0.5) is 4.39 Å². The van der Waals surface area contributed by atoms with Crippen molar-refractivity contribution in [3.05, 3.63) is 41.0 Å². The largest absolute Gasteiger partial charge is 0.324 e. The van der Waals surface area contributed by atoms with E-state index in [-0.39, 0.29) is 0 Å². The number of aromatic nitrogens is 3. The van der Waals surface area contributed by atoms with Crippen LogP contribution in [0, 0.1) is 17.1 Å². The van der Waals surface area contributed by atoms with E-state index in [1.54, 1.807) is 10.6 Å². The van der Waals surface area contributed by atoms with Gasteiger partial charge < -0.3 is 10.3 Å². The maximum absolute atomic E-state index is 13.3. The molecule has 0 radical (unpaired) electrons. The van der Waals surface area contributed by atoms with Crippen LogP contribution >= 0.6 is 11.8 Å². The Labute approximate surface area is 114 Å². The lowest BCUT2D eigenvalue weighted by Gasteiger charge is -2.03. The molecule has 0 atom stereocenters. The van der Waals surface area contributed by atoms with Crippen molar-refractivity contribution in [2.75, 3.05) is 0 Å². The fourth-order valence-corrected chi connectivity index (χ4v) is 2.45. The van der Waals surface area contributed by atoms with Gasteiger partial charge in [0.2, 0.25) is 0 Å². The van der Waals surface area contributed by atoms with Crippen molar-refractivity contribution in [1.82, 2.24) is 14.8 Å². The van der Waals surface area contributed by atoms with Crippen molar-refractivity contribution in [3.8, 4) is 6.07 Å². The van der Waals surface area contributed by atoms with E-state index in [4.69, 9.17) is 11.0 Å². The Morgan fingerprint density at radius 2 is 2.21 bits per heavy atom. The molecule has 0 bridgehead atoms. The van der Waals surface area contributed by atoms with E-state index in [9.17, 15) is 4.39 Å². The van der Waals surface area contributed by atoms with E-state index in [1.807, 2.05) is 13.1 Å². The molecule has 0 amide bonds. The quantitative estimate of drug-likeness (QED) is 0.858. The summed E-state index contributed by atoms with van der Waals surface area (Å²) in [4.78, 5) is 0. The summed E-state index contributed by atoms with van der Waals surface area (Å²) >= 11 is 1.42. The summed E-state index contributed by atoms with van der Waals surface area (Å²) in [6.45, 7) is 0.322. The van der Waals surface area contributed by atoms with Gasteiger partial charge in [-0.05, 0) is 23.8 Å². The molecule has 2 N–H and O–H groups in total. The molecule has 19 heavy (non-hydrogen) atoms. The fraction of sp³-hybridized carbons (Fsp3) is 0.250. The van der Waals surface area contributed by atoms with Gasteiger partial charge in [0, 0.05) is 12.8 Å². The molecule has 1 heterocycles. The molecule has 0 aliphatic carbocycles. The summed E-state index contributed by atoms with van der Waals surface area (Å²) in [6, 6.07) is 6.22. The van der Waals surface area contributed by atoms with Gasteiger partial charge in [-0.2, -0.15) is 5.26 Å². The molecule has 0 aliphatic heterocycles. The second-order valence-electron chi connectivity index (χ2n) is 3.91. The van der Waals surface area contributed by atoms with Crippen LogP contribution in [0.15, 0.2) is 23.4 Å². The molecule has 0 saturated heterocycles. The number of hydrogen-bond donors (Lipinski definition) is 1. The van der Waals surface area contributed by atoms with E-state index < -0.39 is 5.82 Å². The number of nitriles is 1. The SMILES string of the molecule is Cn1c(CN)nnc1SCc1cc(F)cc(C#N)c1. The molecule has 0 aliphatic rings. The third kappa shape index (κ3) is 3.10. The van der Waals surface area contributed by atoms with Crippen molar-refractivity contribution in [3.63, 3.8) is 0 Å². The van der Waals surface area contributed by atoms with Crippen LogP contribution in [0.25, 0.3) is 0 Å². The van der Waals surface area contributed by atoms with Gasteiger partial charge in [0.15, 0.2) is 5.16 Å². The van der Waals surface area contributed by atoms with Gasteiger partial charge in [0.1, 0.15) is 11.6 Å². The Balaban J connectivity index is 2.12. The summed E-state index contributed by atoms with van der Waals surface area (Å²) in [6.07, 6.45) is 0. The van der Waals surface area contributed by atoms with Crippen LogP contribution in [0.3, 0.4) is 0 Å². The number of benzene rings is 1. The summed E-state index contributed by atoms with van der Waals surface area (Å²) in [7, 11) is 1.83. The Kier molecular flexibility index (Phi) is 4.14. The highest BCUT2D eigenvalue weighted by Gasteiger charge is 2.08. The molecule has 5 nitrogen and oxygen atoms in total. The smallest absolute Gasteiger partial charge is 0.191 e. The van der Waals surface area contributed by atoms with Gasteiger partial charge in [-0.15, -0.1) is 10.2 Å². The van der Waals surface area contributed by atoms with Crippen molar-refractivity contribution in [2.45, 2.75) is 17.5 Å². The van der Waals surface area contributed by atoms with Crippen LogP contribution in [0.5, 0.6) is 0 Å². The molecule has 98 valence electrons. The van der Waals surface area contributed by atoms with Gasteiger partial charge in [-0.1, -0.05) is 11.8 Å². The predicted molar refractivity (Wildman–Crippen MR) is 69.6 cm³/mol. The molecule has 0 fully saturated rings. The lowest BCUT2D eigenvalue weighted by atomic mass is 10.1. The minimum Gasteiger partial charge on any atom is -0.324 e. The van der Waals surface area contributed by atoms with E-state index in [1.165, 1.54) is 23.9 Å². The second kappa shape index (κ2) is 5.82. The van der Waals surface area contributed by atoms with Crippen LogP contribution in [0.2, 0.25) is 0 Å². The topological polar surface area (TPSA) is 80.5 Å². The second-order valence-corrected chi connectivity index (χ2v) is 4.85. The van der Waals surface area contributed by atoms with E-state index in [0.717, 1.165) is 5.56 Å². The zero-order valence-electron chi connectivity index (χ0n) is 10.3. The lowest BCUT2D eigenvalue weighted by Crippen LogP contribution is -2.05. The van der Waals surface area contributed by atoms with Gasteiger partial charge >= 0.3 is 0 Å². The predicted octanol–water partition coefficient (Wildman–Crippen LogP) is 1.58. The molecule has 1 aromatic heterocycles. The highest BCUT2D eigenvalue weighted by Crippen LogP contribution is 2.22. The van der Waals surface area contributed by atoms with E-state index in [2.05, 4.69) is 10.2 Å². The van der Waals surface area contributed by atoms with Crippen LogP contribution in [-0.2, 0) is 19.3 Å². The van der Waals surface area contributed by atoms with Crippen LogP contribution in [0.1, 0.15) is 17.0 Å². The third-order valence-electron chi connectivity index (χ3n) is 2.56. The molecule has 0 saturated carbocycles. The average molecular weight is 277 g/mol. The van der Waals surface area contributed by atoms with Gasteiger partial charge in [-0.3, -0.25) is 0 Å². The number of nitrogens with zero attached hydrogens (tertiary/aromatic N) is 4. The summed E-state index contributed by atoms with van der Waals surface area (Å²) in [5.41, 5.74) is 6.56. The van der Waals surface area contributed by atoms with Gasteiger partial charge in [0.25, 0.3) is 0 Å². The highest BCUT2D eigenvalue weighted by molar-refractivity contribution is 7.98. The Morgan fingerprint density at radius 3 is 2.84 bits per heavy atom. The summed E-state index contributed by atoms with van der Waals surface area (Å²) < 4.78 is 15.1. The van der Waals surface area contributed by atoms with E-state index >= 15 is 0 Å². The molecule has 2 aromatic rings. The Bertz CT molecular complexity index is 632. The molecule has 1 aromatic carbocycles. The first-order chi connectivity index (χ1) is 9.13. The van der Waals surface area contributed by atoms with Crippen molar-refractivity contribution in [2.24, 2.45) is 12.8 Å². The maximum Gasteiger partial charge on any atom is 0.191 e. The number of thioether (sulfide) groups is 1. The fourth-order valence-electron chi connectivity index (χ4n) is 1.59. The summed E-state index contributed by atoms with van der Waals surface area (Å²) in [5.74, 6) is 0.804. The lowest BCUT2D eigenvalue weighted by molar-refractivity contribution is 0.626. The zero-order valence-corrected chi connectivity index (χ0v) is 11.1. The highest BCUT2D eigenvalue weighted by atomic mass is 32.2.